The van der Waals surface area contributed by atoms with Crippen molar-refractivity contribution in [3.63, 3.8) is 0 Å². The van der Waals surface area contributed by atoms with Crippen LogP contribution in [0.4, 0.5) is 0 Å². The monoisotopic (exact) mass is 362 g/mol. The Morgan fingerprint density at radius 2 is 1.64 bits per heavy atom. The first-order chi connectivity index (χ1) is 11.9. The quantitative estimate of drug-likeness (QED) is 0.188. The molecular formula is C15H26N2O8. The van der Waals surface area contributed by atoms with Crippen molar-refractivity contribution in [2.75, 3.05) is 26.4 Å². The van der Waals surface area contributed by atoms with Gasteiger partial charge < -0.3 is 40.5 Å². The van der Waals surface area contributed by atoms with Crippen molar-refractivity contribution >= 4 is 0 Å². The second-order valence-corrected chi connectivity index (χ2v) is 5.56. The molecule has 0 fully saturated rings. The maximum Gasteiger partial charge on any atom is 0.126 e. The molecule has 25 heavy (non-hydrogen) atoms. The summed E-state index contributed by atoms with van der Waals surface area (Å²) in [5.41, 5.74) is 0.362. The zero-order valence-electron chi connectivity index (χ0n) is 13.7. The van der Waals surface area contributed by atoms with E-state index in [0.717, 1.165) is 0 Å². The molecule has 1 rings (SSSR count). The number of nitrogens with zero attached hydrogens (tertiary/aromatic N) is 2. The standard InChI is InChI=1S/C15H26N2O8/c18-2-1-3-25-13(8-20)15(24)14(23)10-6-16-9(5-17-10)4-11(21)12(22)7-19/h5-6,11-15,18-24H,1-4,7-8H2/t11-,12+,13+,14+,15+/m0/s1. The van der Waals surface area contributed by atoms with Crippen molar-refractivity contribution < 1.29 is 40.5 Å². The molecule has 0 radical (unpaired) electrons. The van der Waals surface area contributed by atoms with Crippen LogP contribution in [0.3, 0.4) is 0 Å². The second-order valence-electron chi connectivity index (χ2n) is 5.56. The lowest BCUT2D eigenvalue weighted by Gasteiger charge is -2.25. The first-order valence-corrected chi connectivity index (χ1v) is 7.91. The van der Waals surface area contributed by atoms with Gasteiger partial charge in [0.15, 0.2) is 0 Å². The van der Waals surface area contributed by atoms with Gasteiger partial charge in [-0.05, 0) is 6.42 Å². The Morgan fingerprint density at radius 1 is 0.920 bits per heavy atom. The predicted octanol–water partition coefficient (Wildman–Crippen LogP) is -3.11. The fourth-order valence-electron chi connectivity index (χ4n) is 2.03. The number of ether oxygens (including phenoxy) is 1. The maximum absolute atomic E-state index is 10.1. The summed E-state index contributed by atoms with van der Waals surface area (Å²) in [6.07, 6.45) is -3.72. The molecule has 0 unspecified atom stereocenters. The Balaban J connectivity index is 2.66. The Morgan fingerprint density at radius 3 is 2.16 bits per heavy atom. The van der Waals surface area contributed by atoms with Gasteiger partial charge in [-0.15, -0.1) is 0 Å². The summed E-state index contributed by atoms with van der Waals surface area (Å²) < 4.78 is 5.20. The third-order valence-electron chi connectivity index (χ3n) is 3.60. The van der Waals surface area contributed by atoms with Crippen LogP contribution in [0.1, 0.15) is 23.9 Å². The summed E-state index contributed by atoms with van der Waals surface area (Å²) in [5.74, 6) is 0. The van der Waals surface area contributed by atoms with Crippen molar-refractivity contribution in [3.05, 3.63) is 23.8 Å². The van der Waals surface area contributed by atoms with Crippen molar-refractivity contribution in [3.8, 4) is 0 Å². The molecule has 0 aliphatic rings. The highest BCUT2D eigenvalue weighted by molar-refractivity contribution is 5.08. The van der Waals surface area contributed by atoms with Crippen LogP contribution < -0.4 is 0 Å². The average molecular weight is 362 g/mol. The molecule has 1 heterocycles. The molecule has 10 nitrogen and oxygen atoms in total. The van der Waals surface area contributed by atoms with Gasteiger partial charge >= 0.3 is 0 Å². The van der Waals surface area contributed by atoms with E-state index < -0.39 is 43.7 Å². The van der Waals surface area contributed by atoms with Crippen molar-refractivity contribution in [1.29, 1.82) is 0 Å². The van der Waals surface area contributed by atoms with Crippen LogP contribution in [-0.4, -0.2) is 96.6 Å². The number of aliphatic hydroxyl groups excluding tert-OH is 7. The smallest absolute Gasteiger partial charge is 0.126 e. The lowest BCUT2D eigenvalue weighted by Crippen LogP contribution is -2.38. The van der Waals surface area contributed by atoms with Crippen LogP contribution in [0.25, 0.3) is 0 Å². The van der Waals surface area contributed by atoms with E-state index in [1.165, 1.54) is 12.4 Å². The van der Waals surface area contributed by atoms with Crippen LogP contribution in [0.15, 0.2) is 12.4 Å². The molecule has 10 heteroatoms. The van der Waals surface area contributed by atoms with Gasteiger partial charge in [-0.2, -0.15) is 0 Å². The molecular weight excluding hydrogens is 336 g/mol. The molecule has 0 amide bonds. The van der Waals surface area contributed by atoms with Crippen LogP contribution >= 0.6 is 0 Å². The van der Waals surface area contributed by atoms with E-state index in [1.807, 2.05) is 0 Å². The van der Waals surface area contributed by atoms with Crippen LogP contribution in [-0.2, 0) is 11.2 Å². The number of aliphatic hydroxyl groups is 7. The van der Waals surface area contributed by atoms with E-state index in [0.29, 0.717) is 12.1 Å². The first kappa shape index (κ1) is 21.8. The number of hydrogen-bond donors (Lipinski definition) is 7. The molecule has 0 aliphatic carbocycles. The zero-order chi connectivity index (χ0) is 18.8. The van der Waals surface area contributed by atoms with Gasteiger partial charge in [0.2, 0.25) is 0 Å². The fourth-order valence-corrected chi connectivity index (χ4v) is 2.03. The van der Waals surface area contributed by atoms with E-state index >= 15 is 0 Å². The third kappa shape index (κ3) is 6.88. The Kier molecular flexibility index (Phi) is 9.93. The molecule has 144 valence electrons. The van der Waals surface area contributed by atoms with Crippen LogP contribution in [0.5, 0.6) is 0 Å². The highest BCUT2D eigenvalue weighted by atomic mass is 16.5. The van der Waals surface area contributed by atoms with Crippen molar-refractivity contribution in [2.45, 2.75) is 43.4 Å². The van der Waals surface area contributed by atoms with E-state index in [-0.39, 0.29) is 25.3 Å². The minimum atomic E-state index is -1.46. The van der Waals surface area contributed by atoms with Crippen molar-refractivity contribution in [2.24, 2.45) is 0 Å². The van der Waals surface area contributed by atoms with Gasteiger partial charge in [-0.3, -0.25) is 9.97 Å². The van der Waals surface area contributed by atoms with Gasteiger partial charge in [0.05, 0.1) is 36.9 Å². The van der Waals surface area contributed by atoms with Crippen LogP contribution in [0.2, 0.25) is 0 Å². The predicted molar refractivity (Wildman–Crippen MR) is 84.3 cm³/mol. The molecule has 0 bridgehead atoms. The molecule has 0 aliphatic heterocycles. The average Bonchev–Trinajstić information content (AvgIpc) is 2.64. The highest BCUT2D eigenvalue weighted by Crippen LogP contribution is 2.18. The number of aromatic nitrogens is 2. The molecule has 5 atom stereocenters. The Labute approximate surface area is 145 Å². The van der Waals surface area contributed by atoms with Crippen molar-refractivity contribution in [1.82, 2.24) is 9.97 Å². The summed E-state index contributed by atoms with van der Waals surface area (Å²) in [5, 5.41) is 65.8. The molecule has 1 aromatic heterocycles. The van der Waals surface area contributed by atoms with E-state index in [9.17, 15) is 25.5 Å². The zero-order valence-corrected chi connectivity index (χ0v) is 13.7. The summed E-state index contributed by atoms with van der Waals surface area (Å²) in [6.45, 7) is -1.10. The van der Waals surface area contributed by atoms with Gasteiger partial charge in [0, 0.05) is 25.8 Å². The lowest BCUT2D eigenvalue weighted by atomic mass is 10.1. The molecule has 0 saturated carbocycles. The van der Waals surface area contributed by atoms with E-state index in [2.05, 4.69) is 9.97 Å². The van der Waals surface area contributed by atoms with Gasteiger partial charge in [-0.1, -0.05) is 0 Å². The molecule has 1 aromatic rings. The van der Waals surface area contributed by atoms with E-state index in [1.54, 1.807) is 0 Å². The molecule has 7 N–H and O–H groups in total. The van der Waals surface area contributed by atoms with Crippen LogP contribution in [0, 0.1) is 0 Å². The topological polar surface area (TPSA) is 177 Å². The maximum atomic E-state index is 10.1. The summed E-state index contributed by atoms with van der Waals surface area (Å²) in [4.78, 5) is 7.92. The van der Waals surface area contributed by atoms with Gasteiger partial charge in [0.1, 0.15) is 24.4 Å². The van der Waals surface area contributed by atoms with E-state index in [4.69, 9.17) is 14.9 Å². The summed E-state index contributed by atoms with van der Waals surface area (Å²) in [6, 6.07) is 0. The molecule has 0 spiro atoms. The number of rotatable bonds is 12. The third-order valence-corrected chi connectivity index (χ3v) is 3.60. The Hall–Kier alpha value is -1.24. The SMILES string of the molecule is OCCCO[C@H](CO)[C@@H](O)[C@H](O)c1cnc(C[C@H](O)[C@H](O)CO)cn1. The normalized spacial score (nSPS) is 17.7. The first-order valence-electron chi connectivity index (χ1n) is 7.91. The Bertz CT molecular complexity index is 475. The minimum Gasteiger partial charge on any atom is -0.396 e. The van der Waals surface area contributed by atoms with Gasteiger partial charge in [0.25, 0.3) is 0 Å². The number of hydrogen-bond acceptors (Lipinski definition) is 10. The second kappa shape index (κ2) is 11.4. The fraction of sp³-hybridized carbons (Fsp3) is 0.733. The molecule has 0 aromatic carbocycles. The summed E-state index contributed by atoms with van der Waals surface area (Å²) >= 11 is 0. The minimum absolute atomic E-state index is 0.0395. The van der Waals surface area contributed by atoms with Gasteiger partial charge in [-0.25, -0.2) is 0 Å². The molecule has 0 saturated heterocycles. The largest absolute Gasteiger partial charge is 0.396 e. The highest BCUT2D eigenvalue weighted by Gasteiger charge is 2.29. The summed E-state index contributed by atoms with van der Waals surface area (Å²) in [7, 11) is 0. The lowest BCUT2D eigenvalue weighted by molar-refractivity contribution is -0.110.